The van der Waals surface area contributed by atoms with Gasteiger partial charge in [-0.2, -0.15) is 5.10 Å². The number of hydrazone groups is 1. The monoisotopic (exact) mass is 564 g/mol. The van der Waals surface area contributed by atoms with Crippen molar-refractivity contribution in [3.63, 3.8) is 0 Å². The molecule has 1 amide bonds. The second-order valence-corrected chi connectivity index (χ2v) is 9.44. The normalized spacial score (nSPS) is 10.8. The lowest BCUT2D eigenvalue weighted by molar-refractivity contribution is -0.139. The zero-order chi connectivity index (χ0) is 25.5. The van der Waals surface area contributed by atoms with E-state index in [1.807, 2.05) is 48.7 Å². The average molecular weight is 565 g/mol. The maximum absolute atomic E-state index is 12.5. The summed E-state index contributed by atoms with van der Waals surface area (Å²) in [7, 11) is 0. The van der Waals surface area contributed by atoms with Crippen LogP contribution >= 0.6 is 27.3 Å². The molecule has 36 heavy (non-hydrogen) atoms. The Kier molecular flexibility index (Phi) is 8.09. The van der Waals surface area contributed by atoms with Crippen molar-refractivity contribution in [2.24, 2.45) is 5.10 Å². The van der Waals surface area contributed by atoms with Gasteiger partial charge in [-0.1, -0.05) is 45.8 Å². The molecule has 0 radical (unpaired) electrons. The number of anilines is 2. The van der Waals surface area contributed by atoms with Crippen LogP contribution in [0.15, 0.2) is 81.7 Å². The van der Waals surface area contributed by atoms with Crippen LogP contribution in [0, 0.1) is 6.92 Å². The molecule has 0 unspecified atom stereocenters. The Hall–Kier alpha value is -4.02. The molecule has 182 valence electrons. The summed E-state index contributed by atoms with van der Waals surface area (Å²) >= 11 is 4.85. The van der Waals surface area contributed by atoms with Crippen LogP contribution in [0.5, 0.6) is 5.75 Å². The van der Waals surface area contributed by atoms with Crippen molar-refractivity contribution in [3.05, 3.63) is 93.3 Å². The highest BCUT2D eigenvalue weighted by molar-refractivity contribution is 9.10. The standard InChI is InChI=1S/C26H21BrN4O4S/c1-16-2-9-21(10-3-16)29-26-30-22(15-36-26)17-4-6-18(7-5-17)25(34)31-28-13-19-12-20(27)8-11-23(19)35-14-24(32)33/h2-13,15H,14H2,1H3,(H,29,30)(H,31,34)(H,32,33)/b28-13-. The zero-order valence-electron chi connectivity index (χ0n) is 19.1. The second kappa shape index (κ2) is 11.6. The fourth-order valence-corrected chi connectivity index (χ4v) is 4.25. The van der Waals surface area contributed by atoms with Crippen molar-refractivity contribution in [3.8, 4) is 17.0 Å². The zero-order valence-corrected chi connectivity index (χ0v) is 21.5. The first kappa shape index (κ1) is 25.1. The molecule has 8 nitrogen and oxygen atoms in total. The lowest BCUT2D eigenvalue weighted by atomic mass is 10.1. The second-order valence-electron chi connectivity index (χ2n) is 7.67. The van der Waals surface area contributed by atoms with Gasteiger partial charge in [-0.25, -0.2) is 15.2 Å². The van der Waals surface area contributed by atoms with E-state index >= 15 is 0 Å². The fraction of sp³-hybridized carbons (Fsp3) is 0.0769. The Morgan fingerprint density at radius 1 is 1.11 bits per heavy atom. The highest BCUT2D eigenvalue weighted by atomic mass is 79.9. The molecule has 10 heteroatoms. The van der Waals surface area contributed by atoms with E-state index in [1.54, 1.807) is 30.3 Å². The Morgan fingerprint density at radius 3 is 2.58 bits per heavy atom. The molecule has 0 spiro atoms. The highest BCUT2D eigenvalue weighted by Gasteiger charge is 2.09. The van der Waals surface area contributed by atoms with Crippen LogP contribution in [0.3, 0.4) is 0 Å². The maximum atomic E-state index is 12.5. The van der Waals surface area contributed by atoms with Crippen molar-refractivity contribution >= 4 is 56.2 Å². The molecule has 1 aromatic heterocycles. The first-order valence-corrected chi connectivity index (χ1v) is 12.4. The van der Waals surface area contributed by atoms with Gasteiger partial charge in [-0.3, -0.25) is 4.79 Å². The third kappa shape index (κ3) is 6.77. The van der Waals surface area contributed by atoms with E-state index in [4.69, 9.17) is 9.84 Å². The quantitative estimate of drug-likeness (QED) is 0.173. The van der Waals surface area contributed by atoms with E-state index in [1.165, 1.54) is 23.1 Å². The molecule has 0 aliphatic heterocycles. The average Bonchev–Trinajstić information content (AvgIpc) is 3.33. The molecule has 1 heterocycles. The number of ether oxygens (including phenoxy) is 1. The summed E-state index contributed by atoms with van der Waals surface area (Å²) in [5.41, 5.74) is 7.28. The lowest BCUT2D eigenvalue weighted by Crippen LogP contribution is -2.17. The van der Waals surface area contributed by atoms with Crippen LogP contribution in [0.1, 0.15) is 21.5 Å². The number of hydrogen-bond donors (Lipinski definition) is 3. The number of aliphatic carboxylic acids is 1. The number of carbonyl (C=O) groups is 2. The van der Waals surface area contributed by atoms with E-state index in [-0.39, 0.29) is 5.91 Å². The molecule has 0 fully saturated rings. The van der Waals surface area contributed by atoms with E-state index in [9.17, 15) is 9.59 Å². The summed E-state index contributed by atoms with van der Waals surface area (Å²) in [6.07, 6.45) is 1.39. The minimum Gasteiger partial charge on any atom is -0.481 e. The van der Waals surface area contributed by atoms with E-state index < -0.39 is 12.6 Å². The van der Waals surface area contributed by atoms with E-state index in [0.717, 1.165) is 26.5 Å². The van der Waals surface area contributed by atoms with Gasteiger partial charge in [0.05, 0.1) is 11.9 Å². The largest absolute Gasteiger partial charge is 0.481 e. The number of amides is 1. The number of aryl methyl sites for hydroxylation is 1. The molecule has 0 atom stereocenters. The number of nitrogens with one attached hydrogen (secondary N) is 2. The SMILES string of the molecule is Cc1ccc(Nc2nc(-c3ccc(C(=O)N/N=C\c4cc(Br)ccc4OCC(=O)O)cc3)cs2)cc1. The van der Waals surface area contributed by atoms with Crippen LogP contribution in [-0.2, 0) is 4.79 Å². The number of thiazole rings is 1. The summed E-state index contributed by atoms with van der Waals surface area (Å²) in [6, 6.07) is 20.2. The number of halogens is 1. The number of carboxylic acid groups (broad SMARTS) is 1. The van der Waals surface area contributed by atoms with Gasteiger partial charge in [0.2, 0.25) is 0 Å². The van der Waals surface area contributed by atoms with E-state index in [0.29, 0.717) is 16.9 Å². The van der Waals surface area contributed by atoms with Gasteiger partial charge in [-0.05, 0) is 49.4 Å². The Bertz CT molecular complexity index is 1400. The smallest absolute Gasteiger partial charge is 0.341 e. The van der Waals surface area contributed by atoms with Crippen molar-refractivity contribution < 1.29 is 19.4 Å². The van der Waals surface area contributed by atoms with Gasteiger partial charge in [0.25, 0.3) is 5.91 Å². The van der Waals surface area contributed by atoms with Crippen molar-refractivity contribution in [1.29, 1.82) is 0 Å². The number of carboxylic acids is 1. The topological polar surface area (TPSA) is 113 Å². The first-order valence-electron chi connectivity index (χ1n) is 10.7. The molecule has 0 aliphatic carbocycles. The van der Waals surface area contributed by atoms with E-state index in [2.05, 4.69) is 36.8 Å². The van der Waals surface area contributed by atoms with Crippen LogP contribution in [0.25, 0.3) is 11.3 Å². The van der Waals surface area contributed by atoms with Crippen molar-refractivity contribution in [2.75, 3.05) is 11.9 Å². The first-order chi connectivity index (χ1) is 17.4. The van der Waals surface area contributed by atoms with Gasteiger partial charge in [0.15, 0.2) is 11.7 Å². The molecule has 0 bridgehead atoms. The number of rotatable bonds is 9. The summed E-state index contributed by atoms with van der Waals surface area (Å²) in [5, 5.41) is 18.8. The fourth-order valence-electron chi connectivity index (χ4n) is 3.13. The highest BCUT2D eigenvalue weighted by Crippen LogP contribution is 2.27. The molecule has 0 saturated carbocycles. The van der Waals surface area contributed by atoms with Gasteiger partial charge < -0.3 is 15.2 Å². The summed E-state index contributed by atoms with van der Waals surface area (Å²) in [6.45, 7) is 1.56. The maximum Gasteiger partial charge on any atom is 0.341 e. The van der Waals surface area contributed by atoms with Crippen LogP contribution in [-0.4, -0.2) is 34.8 Å². The Balaban J connectivity index is 1.38. The third-order valence-corrected chi connectivity index (χ3v) is 6.19. The number of carbonyl (C=O) groups excluding carboxylic acids is 1. The molecular weight excluding hydrogens is 544 g/mol. The summed E-state index contributed by atoms with van der Waals surface area (Å²) < 4.78 is 6.01. The van der Waals surface area contributed by atoms with Gasteiger partial charge in [0.1, 0.15) is 5.75 Å². The van der Waals surface area contributed by atoms with Gasteiger partial charge in [-0.15, -0.1) is 11.3 Å². The van der Waals surface area contributed by atoms with Crippen LogP contribution in [0.4, 0.5) is 10.8 Å². The molecule has 4 aromatic rings. The number of benzene rings is 3. The minimum atomic E-state index is -1.09. The third-order valence-electron chi connectivity index (χ3n) is 4.94. The van der Waals surface area contributed by atoms with Gasteiger partial charge in [0, 0.05) is 32.2 Å². The lowest BCUT2D eigenvalue weighted by Gasteiger charge is -2.07. The molecule has 3 aromatic carbocycles. The van der Waals surface area contributed by atoms with Crippen LogP contribution in [0.2, 0.25) is 0 Å². The molecule has 3 N–H and O–H groups in total. The number of nitrogens with zero attached hydrogens (tertiary/aromatic N) is 2. The number of aromatic nitrogens is 1. The molecular formula is C26H21BrN4O4S. The van der Waals surface area contributed by atoms with Crippen molar-refractivity contribution in [2.45, 2.75) is 6.92 Å². The van der Waals surface area contributed by atoms with Crippen LogP contribution < -0.4 is 15.5 Å². The minimum absolute atomic E-state index is 0.336. The molecule has 0 saturated heterocycles. The Morgan fingerprint density at radius 2 is 1.86 bits per heavy atom. The predicted octanol–water partition coefficient (Wildman–Crippen LogP) is 5.85. The Labute approximate surface area is 219 Å². The molecule has 4 rings (SSSR count). The number of hydrogen-bond acceptors (Lipinski definition) is 7. The van der Waals surface area contributed by atoms with Gasteiger partial charge >= 0.3 is 5.97 Å². The molecule has 0 aliphatic rings. The summed E-state index contributed by atoms with van der Waals surface area (Å²) in [5.74, 6) is -1.14. The summed E-state index contributed by atoms with van der Waals surface area (Å²) in [4.78, 5) is 27.9. The predicted molar refractivity (Wildman–Crippen MR) is 144 cm³/mol. The van der Waals surface area contributed by atoms with Crippen molar-refractivity contribution in [1.82, 2.24) is 10.4 Å².